The van der Waals surface area contributed by atoms with Gasteiger partial charge < -0.3 is 35.1 Å². The van der Waals surface area contributed by atoms with Gasteiger partial charge >= 0.3 is 17.8 Å². The number of halogens is 4. The van der Waals surface area contributed by atoms with Crippen molar-refractivity contribution in [2.45, 2.75) is 37.5 Å². The predicted molar refractivity (Wildman–Crippen MR) is 148 cm³/mol. The van der Waals surface area contributed by atoms with Crippen LogP contribution in [0.4, 0.5) is 17.6 Å². The lowest BCUT2D eigenvalue weighted by Gasteiger charge is -2.32. The third-order valence-corrected chi connectivity index (χ3v) is 7.92. The maximum Gasteiger partial charge on any atom is 0.352 e. The smallest absolute Gasteiger partial charge is 0.352 e. The zero-order valence-corrected chi connectivity index (χ0v) is 24.1. The quantitative estimate of drug-likeness (QED) is 0.379. The molecule has 236 valence electrons. The molecule has 2 aromatic rings. The number of aromatic carboxylic acids is 1. The van der Waals surface area contributed by atoms with Crippen LogP contribution in [-0.4, -0.2) is 132 Å². The van der Waals surface area contributed by atoms with E-state index in [4.69, 9.17) is 5.11 Å². The molecule has 2 saturated heterocycles. The van der Waals surface area contributed by atoms with Crippen molar-refractivity contribution in [1.29, 1.82) is 0 Å². The molecule has 0 spiro atoms. The molecule has 0 aromatic carbocycles. The van der Waals surface area contributed by atoms with Crippen LogP contribution in [0.2, 0.25) is 0 Å². The molecular weight excluding hydrogens is 576 g/mol. The molecule has 0 radical (unpaired) electrons. The molecule has 4 N–H and O–H groups in total. The molecule has 6 rings (SSSR count). The molecular formula is C28H36F4N6O5. The van der Waals surface area contributed by atoms with Crippen LogP contribution < -0.4 is 5.32 Å². The van der Waals surface area contributed by atoms with E-state index < -0.39 is 42.2 Å². The summed E-state index contributed by atoms with van der Waals surface area (Å²) in [5.41, 5.74) is 0.487. The minimum absolute atomic E-state index is 0.0125. The number of rotatable bonds is 2. The van der Waals surface area contributed by atoms with Crippen LogP contribution in [0.5, 0.6) is 0 Å². The number of piperazine rings is 2. The van der Waals surface area contributed by atoms with E-state index >= 15 is 0 Å². The monoisotopic (exact) mass is 612 g/mol. The van der Waals surface area contributed by atoms with Gasteiger partial charge in [-0.05, 0) is 39.1 Å². The Morgan fingerprint density at radius 3 is 1.63 bits per heavy atom. The van der Waals surface area contributed by atoms with Gasteiger partial charge in [0, 0.05) is 87.7 Å². The fourth-order valence-corrected chi connectivity index (χ4v) is 5.17. The van der Waals surface area contributed by atoms with Crippen LogP contribution in [-0.2, 0) is 12.8 Å². The normalized spacial score (nSPS) is 21.5. The summed E-state index contributed by atoms with van der Waals surface area (Å²) in [6, 6.07) is 2.25. The Morgan fingerprint density at radius 2 is 1.19 bits per heavy atom. The summed E-state index contributed by atoms with van der Waals surface area (Å²) in [6.45, 7) is 7.51. The van der Waals surface area contributed by atoms with Crippen molar-refractivity contribution in [1.82, 2.24) is 30.0 Å². The highest BCUT2D eigenvalue weighted by molar-refractivity contribution is 6.06. The fraction of sp³-hybridized carbons (Fsp3) is 0.571. The van der Waals surface area contributed by atoms with E-state index in [9.17, 15) is 36.7 Å². The maximum atomic E-state index is 13.4. The number of carboxylic acids is 1. The lowest BCUT2D eigenvalue weighted by molar-refractivity contribution is 0.00188. The molecule has 11 nitrogen and oxygen atoms in total. The number of Topliss-reactive ketones (excluding diaryl/α,β-unsaturated/α-hetero) is 2. The number of aryl methyl sites for hydroxylation is 2. The first kappa shape index (κ1) is 32.4. The third-order valence-electron chi connectivity index (χ3n) is 7.92. The predicted octanol–water partition coefficient (Wildman–Crippen LogP) is 2.17. The SMILES string of the molecule is CN1CCN(C(=O)c2cc3c([nH]2)CCC(F)(F)C3=O)CC1.CN1CCNCC1.O=C(O)c1cc2c([nH]1)CCC(F)(F)C2=O. The number of likely N-dealkylation sites (N-methyl/N-ethyl adjacent to an activating group) is 2. The second-order valence-corrected chi connectivity index (χ2v) is 11.2. The molecule has 15 heteroatoms. The van der Waals surface area contributed by atoms with Crippen molar-refractivity contribution in [3.05, 3.63) is 46.0 Å². The second-order valence-electron chi connectivity index (χ2n) is 11.2. The number of carboxylic acid groups (broad SMARTS) is 1. The summed E-state index contributed by atoms with van der Waals surface area (Å²) in [6.07, 6.45) is -0.995. The molecule has 0 atom stereocenters. The van der Waals surface area contributed by atoms with Crippen LogP contribution in [0, 0.1) is 0 Å². The molecule has 2 fully saturated rings. The fourth-order valence-electron chi connectivity index (χ4n) is 5.17. The van der Waals surface area contributed by atoms with Crippen molar-refractivity contribution < 1.29 is 41.8 Å². The molecule has 0 saturated carbocycles. The molecule has 0 unspecified atom stereocenters. The molecule has 2 aromatic heterocycles. The van der Waals surface area contributed by atoms with Gasteiger partial charge in [-0.1, -0.05) is 0 Å². The Morgan fingerprint density at radius 1 is 0.744 bits per heavy atom. The molecule has 2 aliphatic carbocycles. The van der Waals surface area contributed by atoms with Crippen molar-refractivity contribution in [2.75, 3.05) is 66.5 Å². The highest BCUT2D eigenvalue weighted by Crippen LogP contribution is 2.34. The molecule has 43 heavy (non-hydrogen) atoms. The summed E-state index contributed by atoms with van der Waals surface area (Å²) < 4.78 is 52.8. The first-order valence-electron chi connectivity index (χ1n) is 14.1. The topological polar surface area (TPSA) is 142 Å². The van der Waals surface area contributed by atoms with Gasteiger partial charge in [0.2, 0.25) is 11.6 Å². The number of nitrogens with zero attached hydrogens (tertiary/aromatic N) is 3. The minimum atomic E-state index is -3.37. The number of aromatic amines is 2. The average Bonchev–Trinajstić information content (AvgIpc) is 3.60. The number of aromatic nitrogens is 2. The van der Waals surface area contributed by atoms with Gasteiger partial charge in [-0.2, -0.15) is 17.6 Å². The van der Waals surface area contributed by atoms with Crippen molar-refractivity contribution in [3.63, 3.8) is 0 Å². The Hall–Kier alpha value is -3.56. The number of carbonyl (C=O) groups is 4. The van der Waals surface area contributed by atoms with Crippen molar-refractivity contribution >= 4 is 23.4 Å². The first-order valence-corrected chi connectivity index (χ1v) is 14.1. The zero-order valence-electron chi connectivity index (χ0n) is 24.1. The molecule has 1 amide bonds. The molecule has 0 bridgehead atoms. The highest BCUT2D eigenvalue weighted by atomic mass is 19.3. The van der Waals surface area contributed by atoms with E-state index in [1.807, 2.05) is 7.05 Å². The van der Waals surface area contributed by atoms with Crippen LogP contribution in [0.3, 0.4) is 0 Å². The van der Waals surface area contributed by atoms with Crippen LogP contribution in [0.15, 0.2) is 12.1 Å². The van der Waals surface area contributed by atoms with Crippen molar-refractivity contribution in [2.24, 2.45) is 0 Å². The number of amides is 1. The Bertz CT molecular complexity index is 1360. The molecule has 4 heterocycles. The number of hydrogen-bond donors (Lipinski definition) is 4. The number of ketones is 2. The van der Waals surface area contributed by atoms with Gasteiger partial charge in [-0.25, -0.2) is 4.79 Å². The number of hydrogen-bond acceptors (Lipinski definition) is 7. The van der Waals surface area contributed by atoms with Gasteiger partial charge in [0.05, 0.1) is 0 Å². The van der Waals surface area contributed by atoms with Crippen LogP contribution in [0.1, 0.15) is 65.9 Å². The van der Waals surface area contributed by atoms with Crippen LogP contribution in [0.25, 0.3) is 0 Å². The van der Waals surface area contributed by atoms with Crippen molar-refractivity contribution in [3.8, 4) is 0 Å². The minimum Gasteiger partial charge on any atom is -0.477 e. The number of fused-ring (bicyclic) bond motifs is 2. The summed E-state index contributed by atoms with van der Waals surface area (Å²) in [5, 5.41) is 11.9. The summed E-state index contributed by atoms with van der Waals surface area (Å²) in [5.74, 6) is -10.7. The number of H-pyrrole nitrogens is 2. The molecule has 2 aliphatic heterocycles. The summed E-state index contributed by atoms with van der Waals surface area (Å²) in [7, 11) is 4.14. The van der Waals surface area contributed by atoms with E-state index in [0.29, 0.717) is 18.8 Å². The van der Waals surface area contributed by atoms with Gasteiger partial charge in [-0.15, -0.1) is 0 Å². The Labute approximate surface area is 245 Å². The van der Waals surface area contributed by atoms with E-state index in [-0.39, 0.29) is 47.0 Å². The van der Waals surface area contributed by atoms with E-state index in [2.05, 4.69) is 32.1 Å². The van der Waals surface area contributed by atoms with Gasteiger partial charge in [0.1, 0.15) is 11.4 Å². The van der Waals surface area contributed by atoms with Gasteiger partial charge in [0.25, 0.3) is 5.91 Å². The zero-order chi connectivity index (χ0) is 31.5. The maximum absolute atomic E-state index is 13.4. The van der Waals surface area contributed by atoms with E-state index in [1.165, 1.54) is 19.2 Å². The van der Waals surface area contributed by atoms with Gasteiger partial charge in [-0.3, -0.25) is 14.4 Å². The number of alkyl halides is 4. The van der Waals surface area contributed by atoms with Gasteiger partial charge in [0.15, 0.2) is 0 Å². The number of carbonyl (C=O) groups excluding carboxylic acids is 3. The summed E-state index contributed by atoms with van der Waals surface area (Å²) >= 11 is 0. The lowest BCUT2D eigenvalue weighted by Crippen LogP contribution is -2.47. The highest BCUT2D eigenvalue weighted by Gasteiger charge is 2.45. The summed E-state index contributed by atoms with van der Waals surface area (Å²) in [4.78, 5) is 57.3. The Balaban J connectivity index is 0.000000167. The first-order chi connectivity index (χ1) is 20.2. The third kappa shape index (κ3) is 7.51. The van der Waals surface area contributed by atoms with Crippen LogP contribution >= 0.6 is 0 Å². The number of nitrogens with one attached hydrogen (secondary N) is 3. The Kier molecular flexibility index (Phi) is 9.76. The standard InChI is InChI=1S/C14H17F2N3O2.C9H7F2NO3.C5H12N2/c1-18-4-6-19(7-5-18)13(21)11-8-9-10(17-11)2-3-14(15,16)12(9)20;10-9(11)2-1-5-4(7(9)13)3-6(12-5)8(14)15;1-7-4-2-6-3-5-7/h8,17H,2-7H2,1H3;3,12H,1-2H2,(H,14,15);6H,2-5H2,1H3. The van der Waals surface area contributed by atoms with E-state index in [0.717, 1.165) is 32.2 Å². The van der Waals surface area contributed by atoms with E-state index in [1.54, 1.807) is 4.90 Å². The largest absolute Gasteiger partial charge is 0.477 e. The second kappa shape index (κ2) is 13.0. The average molecular weight is 613 g/mol. The lowest BCUT2D eigenvalue weighted by atomic mass is 9.93. The molecule has 4 aliphatic rings.